The molecule has 0 radical (unpaired) electrons. The van der Waals surface area contributed by atoms with Crippen molar-refractivity contribution in [2.24, 2.45) is 0 Å². The van der Waals surface area contributed by atoms with Crippen molar-refractivity contribution >= 4 is 17.7 Å². The molecule has 0 heterocycles. The number of hydrogen-bond acceptors (Lipinski definition) is 1. The molecule has 0 spiro atoms. The Labute approximate surface area is 99.2 Å². The Bertz CT molecular complexity index is 529. The highest BCUT2D eigenvalue weighted by Gasteiger charge is 2.10. The fourth-order valence-corrected chi connectivity index (χ4v) is 1.59. The van der Waals surface area contributed by atoms with Gasteiger partial charge in [-0.1, -0.05) is 60.7 Å². The highest BCUT2D eigenvalue weighted by molar-refractivity contribution is 6.21. The van der Waals surface area contributed by atoms with Crippen molar-refractivity contribution in [3.05, 3.63) is 71.8 Å². The summed E-state index contributed by atoms with van der Waals surface area (Å²) in [6.07, 6.45) is 1.55. The van der Waals surface area contributed by atoms with E-state index in [2.05, 4.69) is 0 Å². The van der Waals surface area contributed by atoms with E-state index in [4.69, 9.17) is 0 Å². The minimum atomic E-state index is -1.42. The molecule has 2 heteroatoms. The number of hydrogen-bond donors (Lipinski definition) is 0. The normalized spacial score (nSPS) is 11.2. The van der Waals surface area contributed by atoms with Crippen molar-refractivity contribution < 1.29 is 9.18 Å². The molecule has 0 bridgehead atoms. The Kier molecular flexibility index (Phi) is 3.46. The molecule has 0 unspecified atom stereocenters. The van der Waals surface area contributed by atoms with Crippen molar-refractivity contribution in [1.82, 2.24) is 0 Å². The molecule has 2 aromatic rings. The molecule has 17 heavy (non-hydrogen) atoms. The van der Waals surface area contributed by atoms with Gasteiger partial charge in [-0.25, -0.2) is 0 Å². The van der Waals surface area contributed by atoms with Gasteiger partial charge in [0.2, 0.25) is 0 Å². The standard InChI is InChI=1S/C15H11FO/c16-15(17)14(13-9-5-2-6-10-13)11-12-7-3-1-4-8-12/h1-11H. The Hall–Kier alpha value is -2.22. The fraction of sp³-hybridized carbons (Fsp3) is 0. The lowest BCUT2D eigenvalue weighted by Gasteiger charge is -2.01. The molecule has 0 saturated carbocycles. The van der Waals surface area contributed by atoms with Crippen LogP contribution >= 0.6 is 0 Å². The van der Waals surface area contributed by atoms with Crippen LogP contribution in [0, 0.1) is 0 Å². The largest absolute Gasteiger partial charge is 0.332 e. The van der Waals surface area contributed by atoms with E-state index in [1.54, 1.807) is 30.3 Å². The first-order chi connectivity index (χ1) is 8.27. The lowest BCUT2D eigenvalue weighted by Crippen LogP contribution is -1.93. The predicted octanol–water partition coefficient (Wildman–Crippen LogP) is 3.72. The summed E-state index contributed by atoms with van der Waals surface area (Å²) in [6, 6.07) is 16.6. The molecule has 0 amide bonds. The van der Waals surface area contributed by atoms with Gasteiger partial charge in [0.25, 0.3) is 0 Å². The van der Waals surface area contributed by atoms with E-state index in [-0.39, 0.29) is 5.57 Å². The van der Waals surface area contributed by atoms with Crippen molar-refractivity contribution in [2.75, 3.05) is 0 Å². The maximum atomic E-state index is 13.0. The molecule has 0 aliphatic rings. The van der Waals surface area contributed by atoms with Crippen LogP contribution in [0.1, 0.15) is 11.1 Å². The summed E-state index contributed by atoms with van der Waals surface area (Å²) in [4.78, 5) is 11.0. The molecule has 0 fully saturated rings. The van der Waals surface area contributed by atoms with Gasteiger partial charge < -0.3 is 0 Å². The van der Waals surface area contributed by atoms with E-state index in [0.717, 1.165) is 5.56 Å². The average molecular weight is 226 g/mol. The van der Waals surface area contributed by atoms with Gasteiger partial charge in [-0.05, 0) is 17.2 Å². The van der Waals surface area contributed by atoms with E-state index in [9.17, 15) is 9.18 Å². The monoisotopic (exact) mass is 226 g/mol. The first kappa shape index (κ1) is 11.3. The zero-order chi connectivity index (χ0) is 12.1. The predicted molar refractivity (Wildman–Crippen MR) is 66.9 cm³/mol. The molecule has 0 aromatic heterocycles. The molecule has 1 nitrogen and oxygen atoms in total. The number of allylic oxidation sites excluding steroid dienone is 1. The Balaban J connectivity index is 2.44. The Morgan fingerprint density at radius 2 is 1.41 bits per heavy atom. The maximum absolute atomic E-state index is 13.0. The average Bonchev–Trinajstić information content (AvgIpc) is 2.38. The van der Waals surface area contributed by atoms with Gasteiger partial charge >= 0.3 is 6.04 Å². The van der Waals surface area contributed by atoms with Crippen LogP contribution in [0.4, 0.5) is 4.39 Å². The summed E-state index contributed by atoms with van der Waals surface area (Å²) in [5, 5.41) is 0. The summed E-state index contributed by atoms with van der Waals surface area (Å²) in [7, 11) is 0. The van der Waals surface area contributed by atoms with Crippen molar-refractivity contribution in [1.29, 1.82) is 0 Å². The minimum absolute atomic E-state index is 0.0804. The Morgan fingerprint density at radius 3 is 1.94 bits per heavy atom. The van der Waals surface area contributed by atoms with Gasteiger partial charge in [-0.15, -0.1) is 0 Å². The zero-order valence-electron chi connectivity index (χ0n) is 9.14. The van der Waals surface area contributed by atoms with E-state index in [1.165, 1.54) is 0 Å². The van der Waals surface area contributed by atoms with E-state index in [1.807, 2.05) is 36.4 Å². The summed E-state index contributed by atoms with van der Waals surface area (Å²) in [6.45, 7) is 0. The second-order valence-corrected chi connectivity index (χ2v) is 3.61. The second kappa shape index (κ2) is 5.21. The van der Waals surface area contributed by atoms with Gasteiger partial charge in [0.1, 0.15) is 0 Å². The SMILES string of the molecule is O=C(F)C(=Cc1ccccc1)c1ccccc1. The smallest absolute Gasteiger partial charge is 0.255 e. The van der Waals surface area contributed by atoms with Crippen LogP contribution < -0.4 is 0 Å². The van der Waals surface area contributed by atoms with Crippen LogP contribution in [0.5, 0.6) is 0 Å². The Morgan fingerprint density at radius 1 is 0.882 bits per heavy atom. The molecule has 0 aliphatic heterocycles. The van der Waals surface area contributed by atoms with Crippen LogP contribution in [0.25, 0.3) is 11.6 Å². The first-order valence-corrected chi connectivity index (χ1v) is 5.29. The van der Waals surface area contributed by atoms with Crippen LogP contribution in [0.3, 0.4) is 0 Å². The van der Waals surface area contributed by atoms with Gasteiger partial charge in [0.15, 0.2) is 0 Å². The summed E-state index contributed by atoms with van der Waals surface area (Å²) in [5.74, 6) is 0. The third-order valence-electron chi connectivity index (χ3n) is 2.41. The third-order valence-corrected chi connectivity index (χ3v) is 2.41. The van der Waals surface area contributed by atoms with Crippen molar-refractivity contribution in [3.63, 3.8) is 0 Å². The maximum Gasteiger partial charge on any atom is 0.332 e. The summed E-state index contributed by atoms with van der Waals surface area (Å²) in [5.41, 5.74) is 1.47. The minimum Gasteiger partial charge on any atom is -0.255 e. The zero-order valence-corrected chi connectivity index (χ0v) is 9.14. The van der Waals surface area contributed by atoms with Gasteiger partial charge in [0, 0.05) is 0 Å². The molecular formula is C15H11FO. The summed E-state index contributed by atoms with van der Waals surface area (Å²) >= 11 is 0. The molecule has 0 atom stereocenters. The number of halogens is 1. The topological polar surface area (TPSA) is 17.1 Å². The number of rotatable bonds is 3. The van der Waals surface area contributed by atoms with Gasteiger partial charge in [0.05, 0.1) is 5.57 Å². The van der Waals surface area contributed by atoms with Crippen LogP contribution in [0.15, 0.2) is 60.7 Å². The van der Waals surface area contributed by atoms with Crippen molar-refractivity contribution in [3.8, 4) is 0 Å². The lowest BCUT2D eigenvalue weighted by molar-refractivity contribution is -0.123. The highest BCUT2D eigenvalue weighted by Crippen LogP contribution is 2.19. The lowest BCUT2D eigenvalue weighted by atomic mass is 10.0. The van der Waals surface area contributed by atoms with Gasteiger partial charge in [-0.3, -0.25) is 4.79 Å². The van der Waals surface area contributed by atoms with E-state index < -0.39 is 6.04 Å². The van der Waals surface area contributed by atoms with Gasteiger partial charge in [-0.2, -0.15) is 4.39 Å². The van der Waals surface area contributed by atoms with E-state index >= 15 is 0 Å². The molecule has 0 saturated heterocycles. The second-order valence-electron chi connectivity index (χ2n) is 3.61. The molecule has 2 aromatic carbocycles. The number of carbonyl (C=O) groups is 1. The summed E-state index contributed by atoms with van der Waals surface area (Å²) < 4.78 is 13.0. The molecule has 84 valence electrons. The number of carbonyl (C=O) groups excluding carboxylic acids is 1. The van der Waals surface area contributed by atoms with Crippen LogP contribution in [-0.4, -0.2) is 6.04 Å². The van der Waals surface area contributed by atoms with E-state index in [0.29, 0.717) is 5.56 Å². The highest BCUT2D eigenvalue weighted by atomic mass is 19.1. The molecule has 2 rings (SSSR count). The third kappa shape index (κ3) is 2.88. The van der Waals surface area contributed by atoms with Crippen molar-refractivity contribution in [2.45, 2.75) is 0 Å². The van der Waals surface area contributed by atoms with Crippen LogP contribution in [-0.2, 0) is 4.79 Å². The van der Waals surface area contributed by atoms with Crippen LogP contribution in [0.2, 0.25) is 0 Å². The molecule has 0 N–H and O–H groups in total. The molecule has 0 aliphatic carbocycles. The first-order valence-electron chi connectivity index (χ1n) is 5.29. The number of benzene rings is 2. The quantitative estimate of drug-likeness (QED) is 0.443. The molecular weight excluding hydrogens is 215 g/mol. The fourth-order valence-electron chi connectivity index (χ4n) is 1.59.